The van der Waals surface area contributed by atoms with Crippen LogP contribution in [0, 0.1) is 16.7 Å². The topological polar surface area (TPSA) is 149 Å². The lowest BCUT2D eigenvalue weighted by molar-refractivity contribution is -0.377. The van der Waals surface area contributed by atoms with Gasteiger partial charge >= 0.3 is 11.9 Å². The van der Waals surface area contributed by atoms with Crippen LogP contribution in [0.3, 0.4) is 0 Å². The molecule has 0 aromatic carbocycles. The van der Waals surface area contributed by atoms with Crippen LogP contribution in [0.1, 0.15) is 65.7 Å². The van der Waals surface area contributed by atoms with Crippen LogP contribution in [0.4, 0.5) is 0 Å². The highest BCUT2D eigenvalue weighted by molar-refractivity contribution is 5.88. The van der Waals surface area contributed by atoms with Crippen molar-refractivity contribution in [1.82, 2.24) is 0 Å². The third-order valence-corrected chi connectivity index (χ3v) is 11.3. The SMILES string of the molecule is CC(=O)[C@@]12CC/C=C\C(=O)O[C@@H]3C[C@H]4O[C@@H]5[C@@H]6C[C@@]4(O)[C@@]3(C)[C@]5(CC[C@]6(C)O)COC(=O)/C=C(\CCO1)[C@H]2O. The molecule has 10 nitrogen and oxygen atoms in total. The summed E-state index contributed by atoms with van der Waals surface area (Å²) in [5.41, 5.74) is -5.55. The fourth-order valence-electron chi connectivity index (χ4n) is 8.85. The first kappa shape index (κ1) is 27.1. The van der Waals surface area contributed by atoms with Crippen molar-refractivity contribution in [3.8, 4) is 0 Å². The molecule has 3 saturated carbocycles. The van der Waals surface area contributed by atoms with Crippen molar-refractivity contribution in [3.63, 3.8) is 0 Å². The lowest BCUT2D eigenvalue weighted by Crippen LogP contribution is -2.80. The van der Waals surface area contributed by atoms with Gasteiger partial charge in [-0.1, -0.05) is 13.0 Å². The molecule has 3 N–H and O–H groups in total. The second-order valence-corrected chi connectivity index (χ2v) is 12.9. The monoisotopic (exact) mass is 546 g/mol. The molecule has 8 bridgehead atoms. The van der Waals surface area contributed by atoms with Gasteiger partial charge in [-0.2, -0.15) is 0 Å². The summed E-state index contributed by atoms with van der Waals surface area (Å²) in [6.07, 6.45) is 3.04. The zero-order valence-electron chi connectivity index (χ0n) is 22.7. The number of ether oxygens (including phenoxy) is 4. The second-order valence-electron chi connectivity index (χ2n) is 12.9. The molecule has 39 heavy (non-hydrogen) atoms. The standard InChI is InChI=1S/C29H38O10/c1-16(30)28-8-5-4-6-21(31)38-19-13-20-29(35)14-18-24(39-20)27(26(19,29)3,10-9-25(18,2)34)15-36-22(32)12-17(23(28)33)7-11-37-28/h4,6,12,18-20,23-24,33-35H,5,7-11,13-15H2,1-3H3/b6-4-,17-12+/t18-,19+,20+,23+,24+,25-,26+,27+,28+,29-/m0/s1. The van der Waals surface area contributed by atoms with E-state index < -0.39 is 64.0 Å². The molecule has 0 aromatic rings. The zero-order chi connectivity index (χ0) is 28.0. The summed E-state index contributed by atoms with van der Waals surface area (Å²) in [5, 5.41) is 34.6. The first-order valence-electron chi connectivity index (χ1n) is 14.0. The maximum atomic E-state index is 13.2. The molecule has 4 aliphatic heterocycles. The Morgan fingerprint density at radius 1 is 1.08 bits per heavy atom. The zero-order valence-corrected chi connectivity index (χ0v) is 22.7. The predicted octanol–water partition coefficient (Wildman–Crippen LogP) is 1.29. The van der Waals surface area contributed by atoms with Crippen LogP contribution in [0.15, 0.2) is 23.8 Å². The van der Waals surface area contributed by atoms with Gasteiger partial charge in [-0.25, -0.2) is 9.59 Å². The molecule has 0 aromatic heterocycles. The number of aliphatic hydroxyl groups excluding tert-OH is 1. The molecule has 3 aliphatic carbocycles. The maximum Gasteiger partial charge on any atom is 0.330 e. The van der Waals surface area contributed by atoms with E-state index in [1.54, 1.807) is 13.0 Å². The van der Waals surface area contributed by atoms with E-state index in [0.29, 0.717) is 31.3 Å². The number of hydrogen-bond donors (Lipinski definition) is 3. The average Bonchev–Trinajstić information content (AvgIpc) is 3.02. The number of esters is 2. The van der Waals surface area contributed by atoms with Gasteiger partial charge in [-0.15, -0.1) is 0 Å². The van der Waals surface area contributed by atoms with Crippen molar-refractivity contribution in [2.24, 2.45) is 16.7 Å². The lowest BCUT2D eigenvalue weighted by atomic mass is 9.40. The van der Waals surface area contributed by atoms with Gasteiger partial charge in [0.1, 0.15) is 24.4 Å². The number of aliphatic hydroxyl groups is 3. The third kappa shape index (κ3) is 3.48. The Morgan fingerprint density at radius 2 is 1.85 bits per heavy atom. The third-order valence-electron chi connectivity index (χ3n) is 11.3. The summed E-state index contributed by atoms with van der Waals surface area (Å²) in [7, 11) is 0. The molecular weight excluding hydrogens is 508 g/mol. The molecule has 3 saturated heterocycles. The number of ketones is 1. The van der Waals surface area contributed by atoms with Crippen LogP contribution in [0.2, 0.25) is 0 Å². The number of cyclic esters (lactones) is 1. The fourth-order valence-corrected chi connectivity index (χ4v) is 8.85. The smallest absolute Gasteiger partial charge is 0.330 e. The van der Waals surface area contributed by atoms with Crippen LogP contribution in [-0.4, -0.2) is 87.5 Å². The Kier molecular flexibility index (Phi) is 6.04. The van der Waals surface area contributed by atoms with Crippen molar-refractivity contribution < 1.29 is 48.7 Å². The summed E-state index contributed by atoms with van der Waals surface area (Å²) in [6.45, 7) is 5.02. The van der Waals surface area contributed by atoms with E-state index in [1.807, 2.05) is 6.92 Å². The van der Waals surface area contributed by atoms with E-state index in [1.165, 1.54) is 19.1 Å². The minimum absolute atomic E-state index is 0.114. The van der Waals surface area contributed by atoms with Crippen molar-refractivity contribution in [2.45, 2.75) is 107 Å². The molecule has 7 rings (SSSR count). The van der Waals surface area contributed by atoms with E-state index in [2.05, 4.69) is 0 Å². The van der Waals surface area contributed by atoms with Crippen LogP contribution >= 0.6 is 0 Å². The van der Waals surface area contributed by atoms with Gasteiger partial charge in [0.05, 0.1) is 24.4 Å². The van der Waals surface area contributed by atoms with Crippen molar-refractivity contribution in [3.05, 3.63) is 23.8 Å². The maximum absolute atomic E-state index is 13.2. The normalized spacial score (nSPS) is 53.3. The number of fused-ring (bicyclic) bond motifs is 2. The van der Waals surface area contributed by atoms with E-state index in [4.69, 9.17) is 18.9 Å². The molecule has 0 amide bonds. The molecule has 6 fully saturated rings. The minimum atomic E-state index is -1.53. The quantitative estimate of drug-likeness (QED) is 0.411. The first-order valence-corrected chi connectivity index (χ1v) is 14.0. The molecule has 0 unspecified atom stereocenters. The van der Waals surface area contributed by atoms with E-state index in [0.717, 1.165) is 0 Å². The first-order chi connectivity index (χ1) is 18.3. The van der Waals surface area contributed by atoms with Crippen LogP contribution < -0.4 is 0 Å². The summed E-state index contributed by atoms with van der Waals surface area (Å²) in [6, 6.07) is 0. The van der Waals surface area contributed by atoms with Crippen LogP contribution in [-0.2, 0) is 33.3 Å². The molecule has 0 radical (unpaired) electrons. The largest absolute Gasteiger partial charge is 0.462 e. The molecule has 1 spiro atoms. The lowest BCUT2D eigenvalue weighted by Gasteiger charge is -2.71. The van der Waals surface area contributed by atoms with Gasteiger partial charge in [-0.3, -0.25) is 4.79 Å². The molecule has 4 heterocycles. The molecule has 7 aliphatic rings. The van der Waals surface area contributed by atoms with Gasteiger partial charge in [0.15, 0.2) is 11.4 Å². The van der Waals surface area contributed by atoms with Gasteiger partial charge in [-0.05, 0) is 57.9 Å². The number of rotatable bonds is 1. The van der Waals surface area contributed by atoms with Gasteiger partial charge in [0.2, 0.25) is 0 Å². The van der Waals surface area contributed by atoms with Gasteiger partial charge in [0.25, 0.3) is 0 Å². The van der Waals surface area contributed by atoms with Crippen LogP contribution in [0.5, 0.6) is 0 Å². The highest BCUT2D eigenvalue weighted by atomic mass is 16.6. The Morgan fingerprint density at radius 3 is 2.59 bits per heavy atom. The van der Waals surface area contributed by atoms with Crippen molar-refractivity contribution >= 4 is 17.7 Å². The van der Waals surface area contributed by atoms with Gasteiger partial charge < -0.3 is 34.3 Å². The number of allylic oxidation sites excluding steroid dienone is 1. The summed E-state index contributed by atoms with van der Waals surface area (Å²) in [5.74, 6) is -2.02. The van der Waals surface area contributed by atoms with E-state index in [-0.39, 0.29) is 44.2 Å². The number of carbonyl (C=O) groups excluding carboxylic acids is 3. The summed E-state index contributed by atoms with van der Waals surface area (Å²) >= 11 is 0. The molecular formula is C29H38O10. The van der Waals surface area contributed by atoms with Crippen molar-refractivity contribution in [1.29, 1.82) is 0 Å². The van der Waals surface area contributed by atoms with E-state index in [9.17, 15) is 29.7 Å². The summed E-state index contributed by atoms with van der Waals surface area (Å²) < 4.78 is 24.1. The highest BCUT2D eigenvalue weighted by Gasteiger charge is 2.83. The molecule has 10 heteroatoms. The molecule has 214 valence electrons. The Balaban J connectivity index is 1.42. The Hall–Kier alpha value is -2.11. The highest BCUT2D eigenvalue weighted by Crippen LogP contribution is 2.74. The van der Waals surface area contributed by atoms with Gasteiger partial charge in [0, 0.05) is 35.3 Å². The number of carbonyl (C=O) groups is 3. The fraction of sp³-hybridized carbons (Fsp3) is 0.759. The van der Waals surface area contributed by atoms with Crippen molar-refractivity contribution in [2.75, 3.05) is 13.2 Å². The second kappa shape index (κ2) is 8.69. The van der Waals surface area contributed by atoms with Crippen LogP contribution in [0.25, 0.3) is 0 Å². The minimum Gasteiger partial charge on any atom is -0.462 e. The number of hydrogen-bond acceptors (Lipinski definition) is 10. The Labute approximate surface area is 227 Å². The summed E-state index contributed by atoms with van der Waals surface area (Å²) in [4.78, 5) is 38.9. The average molecular weight is 547 g/mol. The Bertz CT molecular complexity index is 1160. The number of Topliss-reactive ketones (excluding diaryl/α,β-unsaturated/α-hetero) is 1. The predicted molar refractivity (Wildman–Crippen MR) is 134 cm³/mol. The molecule has 10 atom stereocenters. The van der Waals surface area contributed by atoms with E-state index >= 15 is 0 Å².